The monoisotopic (exact) mass is 310 g/mol. The average Bonchev–Trinajstić information content (AvgIpc) is 2.48. The zero-order valence-corrected chi connectivity index (χ0v) is 12.1. The number of ether oxygens (including phenoxy) is 1. The average molecular weight is 311 g/mol. The topological polar surface area (TPSA) is 44.1 Å². The Labute approximate surface area is 125 Å². The van der Waals surface area contributed by atoms with Crippen molar-refractivity contribution in [3.05, 3.63) is 56.7 Å². The summed E-state index contributed by atoms with van der Waals surface area (Å²) in [7, 11) is 0. The molecule has 0 saturated heterocycles. The Bertz CT molecular complexity index is 700. The summed E-state index contributed by atoms with van der Waals surface area (Å²) >= 11 is 11.6. The molecular weight excluding hydrogens is 299 g/mol. The van der Waals surface area contributed by atoms with Gasteiger partial charge in [0.2, 0.25) is 0 Å². The van der Waals surface area contributed by atoms with Gasteiger partial charge in [-0.3, -0.25) is 9.36 Å². The number of hydrogen-bond donors (Lipinski definition) is 0. The molecule has 0 fully saturated rings. The molecular formula is C14H12Cl2N2O2. The highest BCUT2D eigenvalue weighted by Crippen LogP contribution is 2.34. The van der Waals surface area contributed by atoms with Crippen LogP contribution in [0.3, 0.4) is 0 Å². The molecule has 104 valence electrons. The molecule has 20 heavy (non-hydrogen) atoms. The number of nitrogens with zero attached hydrogens (tertiary/aromatic N) is 2. The Morgan fingerprint density at radius 3 is 3.00 bits per heavy atom. The summed E-state index contributed by atoms with van der Waals surface area (Å²) in [5.41, 5.74) is 0.798. The second-order valence-electron chi connectivity index (χ2n) is 4.68. The van der Waals surface area contributed by atoms with Gasteiger partial charge >= 0.3 is 0 Å². The van der Waals surface area contributed by atoms with Gasteiger partial charge in [0.05, 0.1) is 12.9 Å². The van der Waals surface area contributed by atoms with Crippen LogP contribution in [0, 0.1) is 0 Å². The van der Waals surface area contributed by atoms with Crippen LogP contribution in [0.15, 0.2) is 35.4 Å². The van der Waals surface area contributed by atoms with Crippen molar-refractivity contribution in [1.29, 1.82) is 0 Å². The van der Waals surface area contributed by atoms with E-state index >= 15 is 0 Å². The van der Waals surface area contributed by atoms with Crippen molar-refractivity contribution in [2.24, 2.45) is 0 Å². The molecule has 1 aliphatic rings. The largest absolute Gasteiger partial charge is 0.493 e. The fourth-order valence-corrected chi connectivity index (χ4v) is 2.70. The van der Waals surface area contributed by atoms with Crippen molar-refractivity contribution < 1.29 is 4.74 Å². The van der Waals surface area contributed by atoms with Gasteiger partial charge in [-0.15, -0.1) is 0 Å². The van der Waals surface area contributed by atoms with Gasteiger partial charge in [-0.25, -0.2) is 4.98 Å². The van der Waals surface area contributed by atoms with E-state index in [2.05, 4.69) is 4.98 Å². The number of fused-ring (bicyclic) bond motifs is 1. The molecule has 0 radical (unpaired) electrons. The molecule has 6 heteroatoms. The Hall–Kier alpha value is -1.52. The van der Waals surface area contributed by atoms with Crippen molar-refractivity contribution in [2.45, 2.75) is 18.9 Å². The van der Waals surface area contributed by atoms with Gasteiger partial charge in [-0.1, -0.05) is 41.4 Å². The summed E-state index contributed by atoms with van der Waals surface area (Å²) in [5.74, 6) is 1.08. The SMILES string of the molecule is O=c1c(Cl)c(Cl)ncn1CC1CCOc2ccccc21. The number of halogens is 2. The highest BCUT2D eigenvalue weighted by Gasteiger charge is 2.22. The lowest BCUT2D eigenvalue weighted by Crippen LogP contribution is -2.26. The van der Waals surface area contributed by atoms with E-state index in [9.17, 15) is 4.79 Å². The third-order valence-electron chi connectivity index (χ3n) is 3.44. The number of hydrogen-bond acceptors (Lipinski definition) is 3. The third kappa shape index (κ3) is 2.41. The van der Waals surface area contributed by atoms with E-state index in [0.29, 0.717) is 13.2 Å². The Balaban J connectivity index is 1.94. The van der Waals surface area contributed by atoms with E-state index < -0.39 is 0 Å². The van der Waals surface area contributed by atoms with Crippen LogP contribution in [-0.4, -0.2) is 16.2 Å². The van der Waals surface area contributed by atoms with Crippen LogP contribution in [0.1, 0.15) is 17.9 Å². The fourth-order valence-electron chi connectivity index (χ4n) is 2.42. The molecule has 2 heterocycles. The zero-order chi connectivity index (χ0) is 14.1. The number of benzene rings is 1. The van der Waals surface area contributed by atoms with Gasteiger partial charge < -0.3 is 4.74 Å². The maximum atomic E-state index is 12.1. The zero-order valence-electron chi connectivity index (χ0n) is 10.6. The standard InChI is InChI=1S/C14H12Cl2N2O2/c15-12-13(16)17-8-18(14(12)19)7-9-5-6-20-11-4-2-1-3-10(9)11/h1-4,8-9H,5-7H2. The van der Waals surface area contributed by atoms with E-state index in [0.717, 1.165) is 17.7 Å². The fraction of sp³-hybridized carbons (Fsp3) is 0.286. The second kappa shape index (κ2) is 5.46. The Morgan fingerprint density at radius 1 is 1.35 bits per heavy atom. The van der Waals surface area contributed by atoms with Crippen LogP contribution in [0.2, 0.25) is 10.2 Å². The van der Waals surface area contributed by atoms with E-state index in [1.165, 1.54) is 10.9 Å². The molecule has 1 aromatic heterocycles. The summed E-state index contributed by atoms with van der Waals surface area (Å²) in [6.07, 6.45) is 2.29. The highest BCUT2D eigenvalue weighted by atomic mass is 35.5. The molecule has 3 rings (SSSR count). The van der Waals surface area contributed by atoms with Crippen molar-refractivity contribution in [3.8, 4) is 5.75 Å². The normalized spacial score (nSPS) is 17.4. The van der Waals surface area contributed by atoms with E-state index in [1.807, 2.05) is 24.3 Å². The van der Waals surface area contributed by atoms with Crippen molar-refractivity contribution in [3.63, 3.8) is 0 Å². The minimum absolute atomic E-state index is 0.0329. The molecule has 1 aromatic carbocycles. The van der Waals surface area contributed by atoms with Crippen LogP contribution >= 0.6 is 23.2 Å². The first-order valence-electron chi connectivity index (χ1n) is 6.29. The van der Waals surface area contributed by atoms with Gasteiger partial charge in [0, 0.05) is 12.5 Å². The minimum atomic E-state index is -0.310. The number of aromatic nitrogens is 2. The maximum Gasteiger partial charge on any atom is 0.273 e. The van der Waals surface area contributed by atoms with Crippen LogP contribution in [0.4, 0.5) is 0 Å². The van der Waals surface area contributed by atoms with E-state index in [1.54, 1.807) is 0 Å². The van der Waals surface area contributed by atoms with Gasteiger partial charge in [0.25, 0.3) is 5.56 Å². The first kappa shape index (κ1) is 13.5. The summed E-state index contributed by atoms with van der Waals surface area (Å²) in [6, 6.07) is 7.87. The predicted octanol–water partition coefficient (Wildman–Crippen LogP) is 3.12. The molecule has 0 N–H and O–H groups in total. The Morgan fingerprint density at radius 2 is 2.15 bits per heavy atom. The maximum absolute atomic E-state index is 12.1. The van der Waals surface area contributed by atoms with Gasteiger partial charge in [0.15, 0.2) is 5.15 Å². The molecule has 0 spiro atoms. The van der Waals surface area contributed by atoms with Crippen LogP contribution in [-0.2, 0) is 6.54 Å². The molecule has 4 nitrogen and oxygen atoms in total. The number of rotatable bonds is 2. The first-order chi connectivity index (χ1) is 9.66. The smallest absolute Gasteiger partial charge is 0.273 e. The summed E-state index contributed by atoms with van der Waals surface area (Å²) in [4.78, 5) is 16.0. The highest BCUT2D eigenvalue weighted by molar-refractivity contribution is 6.40. The minimum Gasteiger partial charge on any atom is -0.493 e. The molecule has 1 unspecified atom stereocenters. The van der Waals surface area contributed by atoms with Gasteiger partial charge in [-0.2, -0.15) is 0 Å². The summed E-state index contributed by atoms with van der Waals surface area (Å²) in [6.45, 7) is 1.16. The predicted molar refractivity (Wildman–Crippen MR) is 77.8 cm³/mol. The number of para-hydroxylation sites is 1. The van der Waals surface area contributed by atoms with E-state index in [-0.39, 0.29) is 21.7 Å². The second-order valence-corrected chi connectivity index (χ2v) is 5.41. The lowest BCUT2D eigenvalue weighted by atomic mass is 9.93. The first-order valence-corrected chi connectivity index (χ1v) is 7.04. The quantitative estimate of drug-likeness (QED) is 0.801. The van der Waals surface area contributed by atoms with Crippen molar-refractivity contribution in [1.82, 2.24) is 9.55 Å². The van der Waals surface area contributed by atoms with Crippen LogP contribution in [0.25, 0.3) is 0 Å². The summed E-state index contributed by atoms with van der Waals surface area (Å²) in [5, 5.41) is 0.00908. The molecule has 1 atom stereocenters. The van der Waals surface area contributed by atoms with Crippen LogP contribution in [0.5, 0.6) is 5.75 Å². The molecule has 0 aliphatic carbocycles. The lowest BCUT2D eigenvalue weighted by Gasteiger charge is -2.26. The molecule has 1 aliphatic heterocycles. The molecule has 2 aromatic rings. The van der Waals surface area contributed by atoms with Gasteiger partial charge in [0.1, 0.15) is 10.8 Å². The Kier molecular flexibility index (Phi) is 3.68. The third-order valence-corrected chi connectivity index (χ3v) is 4.16. The lowest BCUT2D eigenvalue weighted by molar-refractivity contribution is 0.258. The van der Waals surface area contributed by atoms with E-state index in [4.69, 9.17) is 27.9 Å². The molecule has 0 saturated carbocycles. The molecule has 0 bridgehead atoms. The van der Waals surface area contributed by atoms with Crippen molar-refractivity contribution in [2.75, 3.05) is 6.61 Å². The van der Waals surface area contributed by atoms with Crippen LogP contribution < -0.4 is 10.3 Å². The summed E-state index contributed by atoms with van der Waals surface area (Å²) < 4.78 is 7.12. The molecule has 0 amide bonds. The van der Waals surface area contributed by atoms with Gasteiger partial charge in [-0.05, 0) is 18.1 Å². The van der Waals surface area contributed by atoms with Crippen molar-refractivity contribution >= 4 is 23.2 Å².